The number of aromatic nitrogens is 4. The standard InChI is InChI=1S/C15H13N5O4S2/c1-10-3-5-11(6-4-10)19-15(16-17-18-19)25-14-8-7-12(26(2,23)24)9-13(14)20(21)22/h3-9H,1-2H3. The van der Waals surface area contributed by atoms with Crippen molar-refractivity contribution in [1.82, 2.24) is 20.2 Å². The van der Waals surface area contributed by atoms with E-state index in [9.17, 15) is 18.5 Å². The second-order valence-electron chi connectivity index (χ2n) is 5.47. The monoisotopic (exact) mass is 391 g/mol. The molecule has 0 unspecified atom stereocenters. The minimum absolute atomic E-state index is 0.119. The summed E-state index contributed by atoms with van der Waals surface area (Å²) in [5.74, 6) is 0. The molecule has 0 spiro atoms. The van der Waals surface area contributed by atoms with Crippen molar-refractivity contribution in [2.24, 2.45) is 0 Å². The van der Waals surface area contributed by atoms with Gasteiger partial charge in [-0.05, 0) is 53.4 Å². The number of sulfone groups is 1. The van der Waals surface area contributed by atoms with Gasteiger partial charge < -0.3 is 0 Å². The van der Waals surface area contributed by atoms with Crippen molar-refractivity contribution in [2.45, 2.75) is 21.9 Å². The van der Waals surface area contributed by atoms with Gasteiger partial charge in [0.25, 0.3) is 5.69 Å². The molecule has 0 fully saturated rings. The first kappa shape index (κ1) is 18.0. The Morgan fingerprint density at radius 3 is 2.46 bits per heavy atom. The highest BCUT2D eigenvalue weighted by Crippen LogP contribution is 2.35. The number of aryl methyl sites for hydroxylation is 1. The Bertz CT molecular complexity index is 1080. The van der Waals surface area contributed by atoms with Gasteiger partial charge in [-0.2, -0.15) is 4.68 Å². The Morgan fingerprint density at radius 1 is 1.15 bits per heavy atom. The van der Waals surface area contributed by atoms with Gasteiger partial charge in [0.15, 0.2) is 9.84 Å². The van der Waals surface area contributed by atoms with E-state index in [1.54, 1.807) is 0 Å². The van der Waals surface area contributed by atoms with Crippen LogP contribution in [-0.2, 0) is 9.84 Å². The van der Waals surface area contributed by atoms with Gasteiger partial charge in [0.05, 0.1) is 20.4 Å². The van der Waals surface area contributed by atoms with Gasteiger partial charge in [-0.15, -0.1) is 5.10 Å². The Labute approximate surface area is 153 Å². The quantitative estimate of drug-likeness (QED) is 0.480. The van der Waals surface area contributed by atoms with E-state index in [1.165, 1.54) is 16.8 Å². The van der Waals surface area contributed by atoms with Gasteiger partial charge in [-0.1, -0.05) is 17.7 Å². The summed E-state index contributed by atoms with van der Waals surface area (Å²) in [6.45, 7) is 1.95. The SMILES string of the molecule is Cc1ccc(-n2nnnc2Sc2ccc(S(C)(=O)=O)cc2[N+](=O)[O-])cc1. The number of nitrogens with zero attached hydrogens (tertiary/aromatic N) is 5. The first-order valence-corrected chi connectivity index (χ1v) is 9.98. The van der Waals surface area contributed by atoms with Gasteiger partial charge in [0.2, 0.25) is 5.16 Å². The van der Waals surface area contributed by atoms with Crippen LogP contribution in [0.1, 0.15) is 5.56 Å². The molecule has 134 valence electrons. The molecule has 0 aliphatic heterocycles. The maximum absolute atomic E-state index is 11.6. The van der Waals surface area contributed by atoms with Crippen molar-refractivity contribution in [2.75, 3.05) is 6.26 Å². The largest absolute Gasteiger partial charge is 0.284 e. The molecule has 1 aromatic heterocycles. The number of benzene rings is 2. The van der Waals surface area contributed by atoms with Gasteiger partial charge in [-0.25, -0.2) is 8.42 Å². The summed E-state index contributed by atoms with van der Waals surface area (Å²) in [6.07, 6.45) is 0.997. The van der Waals surface area contributed by atoms with Crippen LogP contribution in [0.4, 0.5) is 5.69 Å². The number of nitro groups is 1. The topological polar surface area (TPSA) is 121 Å². The molecule has 9 nitrogen and oxygen atoms in total. The van der Waals surface area contributed by atoms with Crippen LogP contribution in [0.3, 0.4) is 0 Å². The molecule has 0 amide bonds. The smallest absolute Gasteiger partial charge is 0.258 e. The molecule has 0 atom stereocenters. The maximum atomic E-state index is 11.6. The summed E-state index contributed by atoms with van der Waals surface area (Å²) in [5, 5.41) is 23.1. The van der Waals surface area contributed by atoms with Crippen molar-refractivity contribution >= 4 is 27.3 Å². The summed E-state index contributed by atoms with van der Waals surface area (Å²) in [4.78, 5) is 10.9. The zero-order chi connectivity index (χ0) is 18.9. The first-order chi connectivity index (χ1) is 12.3. The fourth-order valence-corrected chi connectivity index (χ4v) is 3.66. The van der Waals surface area contributed by atoms with E-state index in [1.807, 2.05) is 31.2 Å². The highest BCUT2D eigenvalue weighted by Gasteiger charge is 2.21. The van der Waals surface area contributed by atoms with Crippen molar-refractivity contribution in [3.05, 3.63) is 58.1 Å². The summed E-state index contributed by atoms with van der Waals surface area (Å²) in [7, 11) is -3.55. The van der Waals surface area contributed by atoms with E-state index in [2.05, 4.69) is 15.5 Å². The lowest BCUT2D eigenvalue weighted by molar-refractivity contribution is -0.388. The summed E-state index contributed by atoms with van der Waals surface area (Å²) < 4.78 is 24.7. The van der Waals surface area contributed by atoms with E-state index < -0.39 is 14.8 Å². The summed E-state index contributed by atoms with van der Waals surface area (Å²) in [5.41, 5.74) is 1.46. The third-order valence-electron chi connectivity index (χ3n) is 3.48. The fraction of sp³-hybridized carbons (Fsp3) is 0.133. The average molecular weight is 391 g/mol. The van der Waals surface area contributed by atoms with E-state index in [0.29, 0.717) is 10.8 Å². The molecule has 0 aliphatic rings. The Kier molecular flexibility index (Phi) is 4.74. The summed E-state index contributed by atoms with van der Waals surface area (Å²) in [6, 6.07) is 11.2. The third-order valence-corrected chi connectivity index (χ3v) is 5.59. The van der Waals surface area contributed by atoms with Crippen LogP contribution >= 0.6 is 11.8 Å². The lowest BCUT2D eigenvalue weighted by Crippen LogP contribution is -2.01. The lowest BCUT2D eigenvalue weighted by atomic mass is 10.2. The highest BCUT2D eigenvalue weighted by molar-refractivity contribution is 7.99. The number of tetrazole rings is 1. The summed E-state index contributed by atoms with van der Waals surface area (Å²) >= 11 is 0.985. The van der Waals surface area contributed by atoms with Crippen LogP contribution in [0.15, 0.2) is 57.4 Å². The minimum Gasteiger partial charge on any atom is -0.258 e. The molecule has 2 aromatic carbocycles. The molecule has 3 rings (SSSR count). The first-order valence-electron chi connectivity index (χ1n) is 7.27. The van der Waals surface area contributed by atoms with Crippen LogP contribution in [0.2, 0.25) is 0 Å². The van der Waals surface area contributed by atoms with Crippen LogP contribution < -0.4 is 0 Å². The maximum Gasteiger partial charge on any atom is 0.284 e. The number of hydrogen-bond acceptors (Lipinski definition) is 8. The average Bonchev–Trinajstić information content (AvgIpc) is 3.03. The molecular weight excluding hydrogens is 378 g/mol. The third kappa shape index (κ3) is 3.73. The molecule has 0 radical (unpaired) electrons. The molecule has 1 heterocycles. The fourth-order valence-electron chi connectivity index (χ4n) is 2.15. The number of rotatable bonds is 5. The van der Waals surface area contributed by atoms with Gasteiger partial charge in [0, 0.05) is 12.3 Å². The second kappa shape index (κ2) is 6.84. The number of nitro benzene ring substituents is 1. The Morgan fingerprint density at radius 2 is 1.85 bits per heavy atom. The molecule has 0 saturated carbocycles. The van der Waals surface area contributed by atoms with Crippen LogP contribution in [0.5, 0.6) is 0 Å². The zero-order valence-electron chi connectivity index (χ0n) is 13.7. The molecule has 0 bridgehead atoms. The van der Waals surface area contributed by atoms with Crippen molar-refractivity contribution in [3.63, 3.8) is 0 Å². The highest BCUT2D eigenvalue weighted by atomic mass is 32.2. The Hall–Kier alpha value is -2.79. The van der Waals surface area contributed by atoms with Crippen LogP contribution in [-0.4, -0.2) is 39.8 Å². The minimum atomic E-state index is -3.55. The Balaban J connectivity index is 2.01. The molecule has 0 saturated heterocycles. The molecule has 11 heteroatoms. The van der Waals surface area contributed by atoms with Gasteiger partial charge >= 0.3 is 0 Å². The second-order valence-corrected chi connectivity index (χ2v) is 8.49. The molecule has 0 N–H and O–H groups in total. The van der Waals surface area contributed by atoms with E-state index in [-0.39, 0.29) is 15.5 Å². The predicted molar refractivity (Wildman–Crippen MR) is 94.2 cm³/mol. The van der Waals surface area contributed by atoms with E-state index in [0.717, 1.165) is 29.6 Å². The molecular formula is C15H13N5O4S2. The van der Waals surface area contributed by atoms with Gasteiger partial charge in [-0.3, -0.25) is 10.1 Å². The van der Waals surface area contributed by atoms with Crippen LogP contribution in [0.25, 0.3) is 5.69 Å². The zero-order valence-corrected chi connectivity index (χ0v) is 15.4. The lowest BCUT2D eigenvalue weighted by Gasteiger charge is -2.06. The van der Waals surface area contributed by atoms with Crippen molar-refractivity contribution in [3.8, 4) is 5.69 Å². The molecule has 0 aliphatic carbocycles. The van der Waals surface area contributed by atoms with Crippen molar-refractivity contribution < 1.29 is 13.3 Å². The van der Waals surface area contributed by atoms with Gasteiger partial charge in [0.1, 0.15) is 0 Å². The van der Waals surface area contributed by atoms with E-state index in [4.69, 9.17) is 0 Å². The van der Waals surface area contributed by atoms with Crippen LogP contribution in [0, 0.1) is 17.0 Å². The molecule has 3 aromatic rings. The molecule has 26 heavy (non-hydrogen) atoms. The van der Waals surface area contributed by atoms with Crippen molar-refractivity contribution in [1.29, 1.82) is 0 Å². The number of hydrogen-bond donors (Lipinski definition) is 0. The normalized spacial score (nSPS) is 11.5. The predicted octanol–water partition coefficient (Wildman–Crippen LogP) is 2.43. The van der Waals surface area contributed by atoms with E-state index >= 15 is 0 Å².